The number of aliphatic hydroxyl groups excluding tert-OH is 1. The number of aromatic nitrogens is 2. The van der Waals surface area contributed by atoms with Crippen LogP contribution in [0.25, 0.3) is 11.0 Å². The number of benzene rings is 1. The van der Waals surface area contributed by atoms with E-state index in [1.165, 1.54) is 0 Å². The number of H-pyrrole nitrogens is 1. The van der Waals surface area contributed by atoms with Gasteiger partial charge in [0, 0.05) is 12.1 Å². The lowest BCUT2D eigenvalue weighted by molar-refractivity contribution is 0.172. The summed E-state index contributed by atoms with van der Waals surface area (Å²) in [6.07, 6.45) is 0. The van der Waals surface area contributed by atoms with Crippen LogP contribution >= 0.6 is 0 Å². The highest BCUT2D eigenvalue weighted by atomic mass is 16.6. The van der Waals surface area contributed by atoms with Crippen molar-refractivity contribution in [3.8, 4) is 11.5 Å². The molecule has 4 N–H and O–H groups in total. The molecule has 0 radical (unpaired) electrons. The Balaban J connectivity index is 2.09. The largest absolute Gasteiger partial charge is 0.486 e. The molecule has 0 saturated heterocycles. The Morgan fingerprint density at radius 1 is 1.35 bits per heavy atom. The number of rotatable bonds is 2. The SMILES string of the molecule is NC(CO)c1nc2cc3c(cc2[nH]1)OCCO3. The van der Waals surface area contributed by atoms with Crippen molar-refractivity contribution < 1.29 is 14.6 Å². The van der Waals surface area contributed by atoms with Crippen LogP contribution in [-0.4, -0.2) is 34.9 Å². The Bertz CT molecular complexity index is 509. The van der Waals surface area contributed by atoms with Gasteiger partial charge in [-0.2, -0.15) is 0 Å². The van der Waals surface area contributed by atoms with Crippen molar-refractivity contribution >= 4 is 11.0 Å². The van der Waals surface area contributed by atoms with Gasteiger partial charge in [-0.3, -0.25) is 0 Å². The van der Waals surface area contributed by atoms with Gasteiger partial charge in [0.05, 0.1) is 23.7 Å². The number of fused-ring (bicyclic) bond motifs is 2. The van der Waals surface area contributed by atoms with E-state index in [1.807, 2.05) is 12.1 Å². The molecule has 1 atom stereocenters. The predicted octanol–water partition coefficient (Wildman–Crippen LogP) is 0.326. The van der Waals surface area contributed by atoms with Crippen LogP contribution in [0.3, 0.4) is 0 Å². The van der Waals surface area contributed by atoms with Crippen LogP contribution in [0, 0.1) is 0 Å². The van der Waals surface area contributed by atoms with Gasteiger partial charge in [0.25, 0.3) is 0 Å². The van der Waals surface area contributed by atoms with E-state index in [0.717, 1.165) is 11.0 Å². The molecule has 0 saturated carbocycles. The van der Waals surface area contributed by atoms with Gasteiger partial charge in [-0.05, 0) is 0 Å². The molecule has 3 rings (SSSR count). The quantitative estimate of drug-likeness (QED) is 0.697. The van der Waals surface area contributed by atoms with Gasteiger partial charge in [0.15, 0.2) is 11.5 Å². The van der Waals surface area contributed by atoms with E-state index in [4.69, 9.17) is 20.3 Å². The van der Waals surface area contributed by atoms with Crippen LogP contribution < -0.4 is 15.2 Å². The highest BCUT2D eigenvalue weighted by Gasteiger charge is 2.16. The summed E-state index contributed by atoms with van der Waals surface area (Å²) >= 11 is 0. The van der Waals surface area contributed by atoms with Crippen LogP contribution in [0.2, 0.25) is 0 Å². The maximum absolute atomic E-state index is 8.99. The number of nitrogens with zero attached hydrogens (tertiary/aromatic N) is 1. The van der Waals surface area contributed by atoms with Crippen LogP contribution in [-0.2, 0) is 0 Å². The summed E-state index contributed by atoms with van der Waals surface area (Å²) in [6.45, 7) is 0.953. The van der Waals surface area contributed by atoms with Crippen LogP contribution in [0.4, 0.5) is 0 Å². The van der Waals surface area contributed by atoms with Crippen LogP contribution in [0.5, 0.6) is 11.5 Å². The molecule has 0 spiro atoms. The maximum atomic E-state index is 8.99. The number of hydrogen-bond acceptors (Lipinski definition) is 5. The van der Waals surface area contributed by atoms with Gasteiger partial charge in [-0.1, -0.05) is 0 Å². The molecule has 6 heteroatoms. The summed E-state index contributed by atoms with van der Waals surface area (Å²) < 4.78 is 10.9. The Morgan fingerprint density at radius 2 is 2.06 bits per heavy atom. The molecule has 1 unspecified atom stereocenters. The van der Waals surface area contributed by atoms with Gasteiger partial charge >= 0.3 is 0 Å². The zero-order chi connectivity index (χ0) is 11.8. The van der Waals surface area contributed by atoms with E-state index in [9.17, 15) is 0 Å². The van der Waals surface area contributed by atoms with Gasteiger partial charge in [0.2, 0.25) is 0 Å². The second-order valence-electron chi connectivity index (χ2n) is 3.92. The first-order valence-electron chi connectivity index (χ1n) is 5.43. The van der Waals surface area contributed by atoms with E-state index in [-0.39, 0.29) is 6.61 Å². The molecule has 0 aliphatic carbocycles. The fourth-order valence-electron chi connectivity index (χ4n) is 1.83. The lowest BCUT2D eigenvalue weighted by Crippen LogP contribution is -2.15. The van der Waals surface area contributed by atoms with Crippen LogP contribution in [0.1, 0.15) is 11.9 Å². The zero-order valence-electron chi connectivity index (χ0n) is 9.14. The molecule has 90 valence electrons. The molecule has 17 heavy (non-hydrogen) atoms. The molecule has 1 aromatic heterocycles. The summed E-state index contributed by atoms with van der Waals surface area (Å²) in [5.41, 5.74) is 7.29. The summed E-state index contributed by atoms with van der Waals surface area (Å²) in [5, 5.41) is 8.99. The predicted molar refractivity (Wildman–Crippen MR) is 61.1 cm³/mol. The van der Waals surface area contributed by atoms with Crippen molar-refractivity contribution in [1.82, 2.24) is 9.97 Å². The maximum Gasteiger partial charge on any atom is 0.163 e. The Kier molecular flexibility index (Phi) is 2.38. The minimum Gasteiger partial charge on any atom is -0.486 e. The molecule has 2 heterocycles. The van der Waals surface area contributed by atoms with E-state index >= 15 is 0 Å². The summed E-state index contributed by atoms with van der Waals surface area (Å²) in [7, 11) is 0. The molecule has 2 aromatic rings. The Morgan fingerprint density at radius 3 is 2.76 bits per heavy atom. The van der Waals surface area contributed by atoms with Crippen molar-refractivity contribution in [2.45, 2.75) is 6.04 Å². The summed E-state index contributed by atoms with van der Waals surface area (Å²) in [6, 6.07) is 3.15. The van der Waals surface area contributed by atoms with Crippen molar-refractivity contribution in [1.29, 1.82) is 0 Å². The molecule has 1 aliphatic heterocycles. The van der Waals surface area contributed by atoms with Crippen molar-refractivity contribution in [2.24, 2.45) is 5.73 Å². The average Bonchev–Trinajstić information content (AvgIpc) is 2.77. The molecular formula is C11H13N3O3. The Hall–Kier alpha value is -1.79. The van der Waals surface area contributed by atoms with Gasteiger partial charge in [-0.25, -0.2) is 4.98 Å². The lowest BCUT2D eigenvalue weighted by atomic mass is 10.2. The first-order chi connectivity index (χ1) is 8.28. The zero-order valence-corrected chi connectivity index (χ0v) is 9.14. The third kappa shape index (κ3) is 1.71. The fourth-order valence-corrected chi connectivity index (χ4v) is 1.83. The van der Waals surface area contributed by atoms with Gasteiger partial charge in [0.1, 0.15) is 19.0 Å². The second kappa shape index (κ2) is 3.90. The number of imidazole rings is 1. The normalized spacial score (nSPS) is 16.1. The second-order valence-corrected chi connectivity index (χ2v) is 3.92. The third-order valence-electron chi connectivity index (χ3n) is 2.71. The number of aliphatic hydroxyl groups is 1. The third-order valence-corrected chi connectivity index (χ3v) is 2.71. The van der Waals surface area contributed by atoms with Crippen molar-refractivity contribution in [2.75, 3.05) is 19.8 Å². The van der Waals surface area contributed by atoms with Gasteiger partial charge < -0.3 is 25.3 Å². The molecular weight excluding hydrogens is 222 g/mol. The smallest absolute Gasteiger partial charge is 0.163 e. The van der Waals surface area contributed by atoms with E-state index in [1.54, 1.807) is 0 Å². The number of ether oxygens (including phenoxy) is 2. The lowest BCUT2D eigenvalue weighted by Gasteiger charge is -2.17. The topological polar surface area (TPSA) is 93.4 Å². The van der Waals surface area contributed by atoms with Crippen LogP contribution in [0.15, 0.2) is 12.1 Å². The van der Waals surface area contributed by atoms with E-state index in [0.29, 0.717) is 30.5 Å². The molecule has 1 aliphatic rings. The minimum atomic E-state index is -0.499. The number of nitrogens with two attached hydrogens (primary N) is 1. The fraction of sp³-hybridized carbons (Fsp3) is 0.364. The Labute approximate surface area is 97.4 Å². The summed E-state index contributed by atoms with van der Waals surface area (Å²) in [4.78, 5) is 7.38. The molecule has 0 fully saturated rings. The highest BCUT2D eigenvalue weighted by molar-refractivity contribution is 5.80. The standard InChI is InChI=1S/C11H13N3O3/c12-6(5-15)11-13-7-3-9-10(4-8(7)14-11)17-2-1-16-9/h3-4,6,15H,1-2,5,12H2,(H,13,14). The monoisotopic (exact) mass is 235 g/mol. The first-order valence-corrected chi connectivity index (χ1v) is 5.43. The first kappa shape index (κ1) is 10.4. The van der Waals surface area contributed by atoms with E-state index in [2.05, 4.69) is 9.97 Å². The summed E-state index contributed by atoms with van der Waals surface area (Å²) in [5.74, 6) is 1.96. The van der Waals surface area contributed by atoms with Crippen molar-refractivity contribution in [3.05, 3.63) is 18.0 Å². The number of nitrogens with one attached hydrogen (secondary N) is 1. The molecule has 1 aromatic carbocycles. The minimum absolute atomic E-state index is 0.146. The molecule has 0 amide bonds. The average molecular weight is 235 g/mol. The number of hydrogen-bond donors (Lipinski definition) is 3. The van der Waals surface area contributed by atoms with Gasteiger partial charge in [-0.15, -0.1) is 0 Å². The molecule has 6 nitrogen and oxygen atoms in total. The molecule has 0 bridgehead atoms. The number of aromatic amines is 1. The highest BCUT2D eigenvalue weighted by Crippen LogP contribution is 2.33. The van der Waals surface area contributed by atoms with E-state index < -0.39 is 6.04 Å². The van der Waals surface area contributed by atoms with Crippen molar-refractivity contribution in [3.63, 3.8) is 0 Å².